The molecule has 1 aliphatic rings. The molecule has 0 radical (unpaired) electrons. The van der Waals surface area contributed by atoms with Crippen molar-refractivity contribution in [3.05, 3.63) is 47.8 Å². The van der Waals surface area contributed by atoms with E-state index in [9.17, 15) is 13.6 Å². The minimum atomic E-state index is -0.780. The Labute approximate surface area is 138 Å². The predicted octanol–water partition coefficient (Wildman–Crippen LogP) is 2.06. The molecule has 0 bridgehead atoms. The number of aromatic nitrogens is 2. The van der Waals surface area contributed by atoms with Crippen molar-refractivity contribution in [1.29, 1.82) is 0 Å². The average Bonchev–Trinajstić information content (AvgIpc) is 3.10. The Hall–Kier alpha value is -1.99. The van der Waals surface area contributed by atoms with Crippen LogP contribution in [0.25, 0.3) is 0 Å². The van der Waals surface area contributed by atoms with E-state index in [1.807, 2.05) is 13.2 Å². The van der Waals surface area contributed by atoms with E-state index in [2.05, 4.69) is 15.7 Å². The highest BCUT2D eigenvalue weighted by molar-refractivity contribution is 5.93. The van der Waals surface area contributed by atoms with Crippen LogP contribution < -0.4 is 10.6 Å². The minimum Gasteiger partial charge on any atom is -0.323 e. The first-order chi connectivity index (χ1) is 10.5. The summed E-state index contributed by atoms with van der Waals surface area (Å²) in [5, 5.41) is 9.83. The monoisotopic (exact) mass is 342 g/mol. The van der Waals surface area contributed by atoms with E-state index in [0.29, 0.717) is 13.1 Å². The lowest BCUT2D eigenvalue weighted by Gasteiger charge is -2.17. The number of nitrogens with one attached hydrogen (secondary N) is 2. The van der Waals surface area contributed by atoms with E-state index in [-0.39, 0.29) is 35.8 Å². The zero-order valence-electron chi connectivity index (χ0n) is 12.4. The zero-order chi connectivity index (χ0) is 15.7. The molecule has 2 aromatic rings. The molecule has 1 aliphatic heterocycles. The summed E-state index contributed by atoms with van der Waals surface area (Å²) in [6.07, 6.45) is 3.60. The number of nitrogens with zero attached hydrogens (tertiary/aromatic N) is 2. The molecule has 1 saturated heterocycles. The molecule has 0 saturated carbocycles. The van der Waals surface area contributed by atoms with Gasteiger partial charge in [-0.25, -0.2) is 8.78 Å². The van der Waals surface area contributed by atoms with E-state index in [1.165, 1.54) is 6.07 Å². The van der Waals surface area contributed by atoms with Crippen LogP contribution in [-0.2, 0) is 11.8 Å². The number of rotatable bonds is 3. The number of hydrogen-bond donors (Lipinski definition) is 2. The molecule has 0 unspecified atom stereocenters. The summed E-state index contributed by atoms with van der Waals surface area (Å²) in [6.45, 7) is 1.17. The van der Waals surface area contributed by atoms with Crippen LogP contribution in [0.1, 0.15) is 11.5 Å². The SMILES string of the molecule is Cl.Cn1cc([C@H]2CNC[C@@H]2C(=O)Nc2ccc(F)cc2F)cn1. The average molecular weight is 343 g/mol. The third kappa shape index (κ3) is 3.68. The van der Waals surface area contributed by atoms with Crippen molar-refractivity contribution in [1.82, 2.24) is 15.1 Å². The van der Waals surface area contributed by atoms with Crippen molar-refractivity contribution in [2.75, 3.05) is 18.4 Å². The number of amides is 1. The molecule has 2 heterocycles. The fraction of sp³-hybridized carbons (Fsp3) is 0.333. The van der Waals surface area contributed by atoms with Gasteiger partial charge in [0.15, 0.2) is 0 Å². The molecule has 1 aromatic heterocycles. The zero-order valence-corrected chi connectivity index (χ0v) is 13.2. The van der Waals surface area contributed by atoms with Crippen LogP contribution in [-0.4, -0.2) is 28.8 Å². The molecule has 2 N–H and O–H groups in total. The van der Waals surface area contributed by atoms with Crippen LogP contribution in [0.15, 0.2) is 30.6 Å². The number of anilines is 1. The topological polar surface area (TPSA) is 59.0 Å². The summed E-state index contributed by atoms with van der Waals surface area (Å²) in [5.41, 5.74) is 0.954. The Bertz CT molecular complexity index is 707. The van der Waals surface area contributed by atoms with Gasteiger partial charge in [-0.2, -0.15) is 5.10 Å². The summed E-state index contributed by atoms with van der Waals surface area (Å²) in [4.78, 5) is 12.4. The lowest BCUT2D eigenvalue weighted by atomic mass is 9.90. The number of benzene rings is 1. The Balaban J connectivity index is 0.00000192. The number of carbonyl (C=O) groups excluding carboxylic acids is 1. The summed E-state index contributed by atoms with van der Waals surface area (Å²) in [6, 6.07) is 3.09. The maximum atomic E-state index is 13.6. The van der Waals surface area contributed by atoms with E-state index in [4.69, 9.17) is 0 Å². The van der Waals surface area contributed by atoms with Crippen LogP contribution in [0.3, 0.4) is 0 Å². The second-order valence-electron chi connectivity index (χ2n) is 5.43. The van der Waals surface area contributed by atoms with E-state index >= 15 is 0 Å². The Morgan fingerprint density at radius 3 is 2.83 bits per heavy atom. The summed E-state index contributed by atoms with van der Waals surface area (Å²) in [5.74, 6) is -2.08. The lowest BCUT2D eigenvalue weighted by Crippen LogP contribution is -2.28. The quantitative estimate of drug-likeness (QED) is 0.897. The highest BCUT2D eigenvalue weighted by Crippen LogP contribution is 2.29. The van der Waals surface area contributed by atoms with Crippen LogP contribution in [0.4, 0.5) is 14.5 Å². The number of aryl methyl sites for hydroxylation is 1. The number of carbonyl (C=O) groups is 1. The van der Waals surface area contributed by atoms with Gasteiger partial charge >= 0.3 is 0 Å². The third-order valence-corrected chi connectivity index (χ3v) is 3.89. The maximum absolute atomic E-state index is 13.6. The first kappa shape index (κ1) is 17.4. The van der Waals surface area contributed by atoms with Crippen molar-refractivity contribution < 1.29 is 13.6 Å². The first-order valence-corrected chi connectivity index (χ1v) is 7.00. The fourth-order valence-electron chi connectivity index (χ4n) is 2.75. The standard InChI is InChI=1S/C15H16F2N4O.ClH/c1-21-8-9(5-19-21)11-6-18-7-12(11)15(22)20-14-3-2-10(16)4-13(14)17;/h2-5,8,11-12,18H,6-7H2,1H3,(H,20,22);1H/t11-,12+;/m1./s1. The van der Waals surface area contributed by atoms with Crippen molar-refractivity contribution in [3.63, 3.8) is 0 Å². The Morgan fingerprint density at radius 2 is 2.17 bits per heavy atom. The third-order valence-electron chi connectivity index (χ3n) is 3.89. The van der Waals surface area contributed by atoms with Crippen molar-refractivity contribution >= 4 is 24.0 Å². The molecular weight excluding hydrogens is 326 g/mol. The number of hydrogen-bond acceptors (Lipinski definition) is 3. The molecule has 3 rings (SSSR count). The van der Waals surface area contributed by atoms with Gasteiger partial charge in [0.05, 0.1) is 17.8 Å². The smallest absolute Gasteiger partial charge is 0.229 e. The van der Waals surface area contributed by atoms with E-state index < -0.39 is 11.6 Å². The molecule has 1 aromatic carbocycles. The van der Waals surface area contributed by atoms with Gasteiger partial charge in [-0.3, -0.25) is 9.48 Å². The largest absolute Gasteiger partial charge is 0.323 e. The second-order valence-corrected chi connectivity index (χ2v) is 5.43. The van der Waals surface area contributed by atoms with Gasteiger partial charge in [-0.15, -0.1) is 12.4 Å². The number of halogens is 3. The molecule has 23 heavy (non-hydrogen) atoms. The van der Waals surface area contributed by atoms with Gasteiger partial charge in [0, 0.05) is 38.3 Å². The molecule has 1 amide bonds. The molecule has 8 heteroatoms. The Morgan fingerprint density at radius 1 is 1.39 bits per heavy atom. The Kier molecular flexibility index (Phi) is 5.33. The normalized spacial score (nSPS) is 20.1. The predicted molar refractivity (Wildman–Crippen MR) is 84.5 cm³/mol. The van der Waals surface area contributed by atoms with Crippen LogP contribution in [0.5, 0.6) is 0 Å². The maximum Gasteiger partial charge on any atom is 0.229 e. The first-order valence-electron chi connectivity index (χ1n) is 7.00. The highest BCUT2D eigenvalue weighted by atomic mass is 35.5. The van der Waals surface area contributed by atoms with E-state index in [1.54, 1.807) is 10.9 Å². The van der Waals surface area contributed by atoms with Gasteiger partial charge in [-0.05, 0) is 17.7 Å². The van der Waals surface area contributed by atoms with Gasteiger partial charge in [0.2, 0.25) is 5.91 Å². The van der Waals surface area contributed by atoms with Gasteiger partial charge in [0.25, 0.3) is 0 Å². The lowest BCUT2D eigenvalue weighted by molar-refractivity contribution is -0.119. The van der Waals surface area contributed by atoms with Crippen molar-refractivity contribution in [2.45, 2.75) is 5.92 Å². The molecular formula is C15H17ClF2N4O. The summed E-state index contributed by atoms with van der Waals surface area (Å²) in [7, 11) is 1.81. The van der Waals surface area contributed by atoms with Crippen LogP contribution in [0, 0.1) is 17.6 Å². The molecule has 1 fully saturated rings. The van der Waals surface area contributed by atoms with Gasteiger partial charge < -0.3 is 10.6 Å². The van der Waals surface area contributed by atoms with Crippen LogP contribution >= 0.6 is 12.4 Å². The second kappa shape index (κ2) is 7.06. The molecule has 2 atom stereocenters. The summed E-state index contributed by atoms with van der Waals surface area (Å²) >= 11 is 0. The minimum absolute atomic E-state index is 0. The van der Waals surface area contributed by atoms with Gasteiger partial charge in [-0.1, -0.05) is 0 Å². The van der Waals surface area contributed by atoms with Gasteiger partial charge in [0.1, 0.15) is 11.6 Å². The summed E-state index contributed by atoms with van der Waals surface area (Å²) < 4.78 is 28.2. The molecule has 124 valence electrons. The van der Waals surface area contributed by atoms with Crippen LogP contribution in [0.2, 0.25) is 0 Å². The van der Waals surface area contributed by atoms with E-state index in [0.717, 1.165) is 17.7 Å². The molecule has 5 nitrogen and oxygen atoms in total. The molecule has 0 aliphatic carbocycles. The fourth-order valence-corrected chi connectivity index (χ4v) is 2.75. The highest BCUT2D eigenvalue weighted by Gasteiger charge is 2.34. The van der Waals surface area contributed by atoms with Crippen molar-refractivity contribution in [3.8, 4) is 0 Å². The molecule has 0 spiro atoms. The van der Waals surface area contributed by atoms with Crippen molar-refractivity contribution in [2.24, 2.45) is 13.0 Å².